The van der Waals surface area contributed by atoms with Crippen LogP contribution in [-0.2, 0) is 0 Å². The maximum Gasteiger partial charge on any atom is 0.136 e. The molecule has 5 heteroatoms. The van der Waals surface area contributed by atoms with E-state index >= 15 is 0 Å². The molecule has 0 spiro atoms. The van der Waals surface area contributed by atoms with Crippen molar-refractivity contribution in [3.8, 4) is 5.75 Å². The molecule has 12 heavy (non-hydrogen) atoms. The van der Waals surface area contributed by atoms with Gasteiger partial charge in [-0.25, -0.2) is 4.39 Å². The van der Waals surface area contributed by atoms with Gasteiger partial charge in [0.1, 0.15) is 11.6 Å². The van der Waals surface area contributed by atoms with E-state index in [0.717, 1.165) is 0 Å². The third-order valence-corrected chi connectivity index (χ3v) is 4.24. The van der Waals surface area contributed by atoms with Crippen LogP contribution in [0.1, 0.15) is 0 Å². The standard InChI is InChI=1S/C7H6Br2FOP/c1-11-6-4-2-3-5(10)7(6)12(8)9/h2-4H,1H3. The molecule has 0 N–H and O–H groups in total. The summed E-state index contributed by atoms with van der Waals surface area (Å²) in [5, 5.41) is -0.267. The zero-order valence-electron chi connectivity index (χ0n) is 6.22. The summed E-state index contributed by atoms with van der Waals surface area (Å²) in [5.74, 6) is 0.309. The Kier molecular flexibility index (Phi) is 3.94. The van der Waals surface area contributed by atoms with Crippen molar-refractivity contribution in [2.75, 3.05) is 7.11 Å². The summed E-state index contributed by atoms with van der Waals surface area (Å²) < 4.78 is 18.2. The molecule has 0 aliphatic rings. The average Bonchev–Trinajstić information content (AvgIpc) is 2.03. The predicted octanol–water partition coefficient (Wildman–Crippen LogP) is 3.56. The molecule has 1 nitrogen and oxygen atoms in total. The molecule has 0 unspecified atom stereocenters. The minimum atomic E-state index is -0.818. The first-order valence-corrected chi connectivity index (χ1v) is 8.49. The summed E-state index contributed by atoms with van der Waals surface area (Å²) in [7, 11) is 1.52. The fourth-order valence-corrected chi connectivity index (χ4v) is 3.46. The quantitative estimate of drug-likeness (QED) is 0.758. The van der Waals surface area contributed by atoms with E-state index in [0.29, 0.717) is 11.1 Å². The van der Waals surface area contributed by atoms with Crippen LogP contribution in [-0.4, -0.2) is 7.11 Å². The molecule has 66 valence electrons. The smallest absolute Gasteiger partial charge is 0.136 e. The van der Waals surface area contributed by atoms with E-state index in [4.69, 9.17) is 4.74 Å². The van der Waals surface area contributed by atoms with Gasteiger partial charge in [0.05, 0.1) is 17.7 Å². The SMILES string of the molecule is COc1cccc(F)c1P(Br)Br. The van der Waals surface area contributed by atoms with Gasteiger partial charge in [-0.3, -0.25) is 0 Å². The van der Waals surface area contributed by atoms with Crippen LogP contribution in [0, 0.1) is 5.82 Å². The number of benzene rings is 1. The van der Waals surface area contributed by atoms with Crippen molar-refractivity contribution >= 4 is 41.6 Å². The molecule has 1 aromatic carbocycles. The van der Waals surface area contributed by atoms with Crippen molar-refractivity contribution in [1.29, 1.82) is 0 Å². The van der Waals surface area contributed by atoms with E-state index in [2.05, 4.69) is 31.0 Å². The van der Waals surface area contributed by atoms with Crippen LogP contribution in [0.5, 0.6) is 5.75 Å². The second-order valence-corrected chi connectivity index (χ2v) is 10.0. The molecule has 0 amide bonds. The molecule has 1 rings (SSSR count). The van der Waals surface area contributed by atoms with Gasteiger partial charge in [-0.05, 0) is 43.1 Å². The van der Waals surface area contributed by atoms with Crippen LogP contribution in [0.3, 0.4) is 0 Å². The Hall–Kier alpha value is 0.340. The lowest BCUT2D eigenvalue weighted by Gasteiger charge is -2.09. The van der Waals surface area contributed by atoms with Crippen LogP contribution in [0.25, 0.3) is 0 Å². The molecular weight excluding hydrogens is 310 g/mol. The van der Waals surface area contributed by atoms with Crippen molar-refractivity contribution in [2.45, 2.75) is 0 Å². The molecular formula is C7H6Br2FOP. The molecule has 0 saturated heterocycles. The first-order valence-electron chi connectivity index (χ1n) is 3.11. The normalized spacial score (nSPS) is 10.4. The van der Waals surface area contributed by atoms with Crippen LogP contribution < -0.4 is 10.0 Å². The highest BCUT2D eigenvalue weighted by Crippen LogP contribution is 2.53. The van der Waals surface area contributed by atoms with Gasteiger partial charge < -0.3 is 4.74 Å². The summed E-state index contributed by atoms with van der Waals surface area (Å²) in [6.07, 6.45) is 0. The summed E-state index contributed by atoms with van der Waals surface area (Å²) in [6.45, 7) is 0. The fraction of sp³-hybridized carbons (Fsp3) is 0.143. The first-order chi connectivity index (χ1) is 5.66. The number of ether oxygens (including phenoxy) is 1. The van der Waals surface area contributed by atoms with Gasteiger partial charge >= 0.3 is 0 Å². The average molecular weight is 316 g/mol. The second-order valence-electron chi connectivity index (χ2n) is 2.02. The molecule has 0 fully saturated rings. The van der Waals surface area contributed by atoms with E-state index in [9.17, 15) is 4.39 Å². The first kappa shape index (κ1) is 10.4. The predicted molar refractivity (Wildman–Crippen MR) is 57.4 cm³/mol. The highest BCUT2D eigenvalue weighted by atomic mass is 79.9. The van der Waals surface area contributed by atoms with Gasteiger partial charge in [-0.2, -0.15) is 0 Å². The van der Waals surface area contributed by atoms with Gasteiger partial charge in [0, 0.05) is 0 Å². The lowest BCUT2D eigenvalue weighted by Crippen LogP contribution is -2.05. The maximum absolute atomic E-state index is 13.2. The number of rotatable bonds is 2. The van der Waals surface area contributed by atoms with Crippen LogP contribution >= 0.6 is 36.3 Å². The minimum Gasteiger partial charge on any atom is -0.496 e. The Morgan fingerprint density at radius 1 is 1.42 bits per heavy atom. The zero-order chi connectivity index (χ0) is 9.14. The number of halogens is 3. The van der Waals surface area contributed by atoms with Gasteiger partial charge in [0.25, 0.3) is 0 Å². The Balaban J connectivity index is 3.20. The molecule has 0 radical (unpaired) electrons. The Morgan fingerprint density at radius 3 is 2.50 bits per heavy atom. The van der Waals surface area contributed by atoms with Crippen LogP contribution in [0.2, 0.25) is 0 Å². The van der Waals surface area contributed by atoms with E-state index in [1.165, 1.54) is 13.2 Å². The van der Waals surface area contributed by atoms with Gasteiger partial charge in [-0.15, -0.1) is 0 Å². The molecule has 0 aliphatic carbocycles. The monoisotopic (exact) mass is 314 g/mol. The van der Waals surface area contributed by atoms with Gasteiger partial charge in [0.15, 0.2) is 0 Å². The minimum absolute atomic E-state index is 0.255. The number of methoxy groups -OCH3 is 1. The molecule has 0 aromatic heterocycles. The summed E-state index contributed by atoms with van der Waals surface area (Å²) in [4.78, 5) is 0. The molecule has 0 atom stereocenters. The van der Waals surface area contributed by atoms with Crippen molar-refractivity contribution in [2.24, 2.45) is 0 Å². The van der Waals surface area contributed by atoms with Crippen molar-refractivity contribution in [3.05, 3.63) is 24.0 Å². The van der Waals surface area contributed by atoms with Crippen molar-refractivity contribution < 1.29 is 9.13 Å². The topological polar surface area (TPSA) is 9.23 Å². The third kappa shape index (κ3) is 2.18. The largest absolute Gasteiger partial charge is 0.496 e. The molecule has 0 bridgehead atoms. The number of hydrogen-bond donors (Lipinski definition) is 0. The highest BCUT2D eigenvalue weighted by Gasteiger charge is 2.14. The van der Waals surface area contributed by atoms with Crippen LogP contribution in [0.15, 0.2) is 18.2 Å². The lowest BCUT2D eigenvalue weighted by molar-refractivity contribution is 0.416. The lowest BCUT2D eigenvalue weighted by atomic mass is 10.3. The molecule has 0 saturated carbocycles. The molecule has 0 aliphatic heterocycles. The van der Waals surface area contributed by atoms with Crippen molar-refractivity contribution in [3.63, 3.8) is 0 Å². The van der Waals surface area contributed by atoms with Gasteiger partial charge in [0.2, 0.25) is 0 Å². The summed E-state index contributed by atoms with van der Waals surface area (Å²) in [5.41, 5.74) is 0. The van der Waals surface area contributed by atoms with Gasteiger partial charge in [-0.1, -0.05) is 6.07 Å². The van der Waals surface area contributed by atoms with Crippen molar-refractivity contribution in [1.82, 2.24) is 0 Å². The maximum atomic E-state index is 13.2. The second kappa shape index (κ2) is 4.54. The Morgan fingerprint density at radius 2 is 2.08 bits per heavy atom. The zero-order valence-corrected chi connectivity index (χ0v) is 10.3. The summed E-state index contributed by atoms with van der Waals surface area (Å²) >= 11 is 6.57. The third-order valence-electron chi connectivity index (χ3n) is 1.34. The van der Waals surface area contributed by atoms with E-state index in [-0.39, 0.29) is 5.82 Å². The van der Waals surface area contributed by atoms with E-state index in [1.807, 2.05) is 0 Å². The van der Waals surface area contributed by atoms with Crippen LogP contribution in [0.4, 0.5) is 4.39 Å². The van der Waals surface area contributed by atoms with E-state index < -0.39 is 5.33 Å². The fourth-order valence-electron chi connectivity index (χ4n) is 0.824. The summed E-state index contributed by atoms with van der Waals surface area (Å²) in [6, 6.07) is 4.77. The molecule has 1 aromatic rings. The van der Waals surface area contributed by atoms with E-state index in [1.54, 1.807) is 12.1 Å². The highest BCUT2D eigenvalue weighted by molar-refractivity contribution is 9.70. The number of hydrogen-bond acceptors (Lipinski definition) is 1. The Bertz CT molecular complexity index is 280. The molecule has 0 heterocycles. The Labute approximate surface area is 87.5 Å².